The lowest BCUT2D eigenvalue weighted by molar-refractivity contribution is -0.368. The van der Waals surface area contributed by atoms with Crippen molar-refractivity contribution < 1.29 is 52.1 Å². The fraction of sp³-hybridized carbons (Fsp3) is 0.464. The van der Waals surface area contributed by atoms with Crippen LogP contribution in [0.4, 0.5) is 0 Å². The van der Waals surface area contributed by atoms with Crippen LogP contribution in [0.3, 0.4) is 0 Å². The van der Waals surface area contributed by atoms with Crippen molar-refractivity contribution in [1.29, 1.82) is 0 Å². The first-order chi connectivity index (χ1) is 34.4. The highest BCUT2D eigenvalue weighted by molar-refractivity contribution is 5.17. The molecular weight excluding hydrogens is 891 g/mol. The van der Waals surface area contributed by atoms with Crippen molar-refractivity contribution in [1.82, 2.24) is 0 Å². The molecule has 14 heteroatoms. The van der Waals surface area contributed by atoms with Crippen LogP contribution in [0.5, 0.6) is 0 Å². The van der Waals surface area contributed by atoms with Gasteiger partial charge in [-0.25, -0.2) is 0 Å². The Balaban J connectivity index is 1.13. The molecule has 372 valence electrons. The van der Waals surface area contributed by atoms with E-state index in [1.165, 1.54) is 0 Å². The second kappa shape index (κ2) is 27.0. The smallest absolute Gasteiger partial charge is 0.187 e. The summed E-state index contributed by atoms with van der Waals surface area (Å²) in [7, 11) is 0. The summed E-state index contributed by atoms with van der Waals surface area (Å²) in [6.07, 6.45) is -4.22. The fourth-order valence-corrected chi connectivity index (χ4v) is 9.01. The van der Waals surface area contributed by atoms with Crippen LogP contribution in [0.1, 0.15) is 67.3 Å². The molecule has 0 N–H and O–H groups in total. The van der Waals surface area contributed by atoms with E-state index in [1.54, 1.807) is 0 Å². The summed E-state index contributed by atoms with van der Waals surface area (Å²) in [4.78, 5) is 2.89. The molecule has 0 bridgehead atoms. The molecule has 0 spiro atoms. The number of hydrogen-bond donors (Lipinski definition) is 0. The molecule has 14 nitrogen and oxygen atoms in total. The van der Waals surface area contributed by atoms with Crippen molar-refractivity contribution in [2.45, 2.75) is 140 Å². The highest BCUT2D eigenvalue weighted by atomic mass is 16.8. The lowest BCUT2D eigenvalue weighted by atomic mass is 9.96. The highest BCUT2D eigenvalue weighted by Gasteiger charge is 2.58. The number of unbranched alkanes of at least 4 members (excludes halogenated alkanes) is 3. The Morgan fingerprint density at radius 1 is 0.471 bits per heavy atom. The van der Waals surface area contributed by atoms with E-state index in [0.717, 1.165) is 53.5 Å². The van der Waals surface area contributed by atoms with Gasteiger partial charge in [-0.1, -0.05) is 170 Å². The van der Waals surface area contributed by atoms with Crippen molar-refractivity contribution in [3.8, 4) is 0 Å². The van der Waals surface area contributed by atoms with Crippen molar-refractivity contribution >= 4 is 0 Å². The van der Waals surface area contributed by atoms with Gasteiger partial charge in [-0.05, 0) is 60.0 Å². The largest absolute Gasteiger partial charge is 0.374 e. The van der Waals surface area contributed by atoms with Gasteiger partial charge in [0.05, 0.1) is 46.2 Å². The van der Waals surface area contributed by atoms with E-state index in [1.807, 2.05) is 166 Å². The maximum atomic E-state index is 8.73. The molecule has 8 rings (SSSR count). The summed E-state index contributed by atoms with van der Waals surface area (Å²) in [5.74, 6) is -0.950. The molecule has 0 amide bonds. The number of hydrogen-bond acceptors (Lipinski definition) is 12. The number of rotatable bonds is 27. The van der Waals surface area contributed by atoms with Gasteiger partial charge in [0.2, 0.25) is 0 Å². The summed E-state index contributed by atoms with van der Waals surface area (Å²) in [6, 6.07) is 50.1. The van der Waals surface area contributed by atoms with Gasteiger partial charge in [0.25, 0.3) is 0 Å². The quantitative estimate of drug-likeness (QED) is 0.0214. The molecule has 3 heterocycles. The average Bonchev–Trinajstić information content (AvgIpc) is 3.73. The van der Waals surface area contributed by atoms with Crippen LogP contribution >= 0.6 is 0 Å². The number of benzene rings is 5. The molecule has 10 atom stereocenters. The predicted molar refractivity (Wildman–Crippen MR) is 262 cm³/mol. The Labute approximate surface area is 412 Å². The van der Waals surface area contributed by atoms with Gasteiger partial charge in [0.1, 0.15) is 48.8 Å². The van der Waals surface area contributed by atoms with E-state index in [2.05, 4.69) is 10.0 Å². The van der Waals surface area contributed by atoms with Crippen molar-refractivity contribution in [3.63, 3.8) is 0 Å². The molecule has 3 aliphatic rings. The van der Waals surface area contributed by atoms with Crippen LogP contribution < -0.4 is 0 Å². The number of nitrogens with zero attached hydrogens (tertiary/aromatic N) is 3. The maximum absolute atomic E-state index is 8.73. The second-order valence-corrected chi connectivity index (χ2v) is 18.3. The number of fused-ring (bicyclic) bond motifs is 1. The summed E-state index contributed by atoms with van der Waals surface area (Å²) < 4.78 is 75.3. The summed E-state index contributed by atoms with van der Waals surface area (Å²) >= 11 is 0. The molecule has 0 radical (unpaired) electrons. The third kappa shape index (κ3) is 15.2. The molecule has 0 unspecified atom stereocenters. The van der Waals surface area contributed by atoms with Gasteiger partial charge in [-0.2, -0.15) is 0 Å². The van der Waals surface area contributed by atoms with E-state index in [9.17, 15) is 0 Å². The van der Waals surface area contributed by atoms with Gasteiger partial charge in [0.15, 0.2) is 18.4 Å². The molecule has 0 aromatic heterocycles. The molecule has 5 aromatic rings. The van der Waals surface area contributed by atoms with Crippen LogP contribution in [0.25, 0.3) is 10.4 Å². The third-order valence-corrected chi connectivity index (χ3v) is 12.5. The highest BCUT2D eigenvalue weighted by Crippen LogP contribution is 2.41. The summed E-state index contributed by atoms with van der Waals surface area (Å²) in [6.45, 7) is 6.48. The van der Waals surface area contributed by atoms with Crippen LogP contribution in [0, 0.1) is 0 Å². The standard InChI is InChI=1S/C56H67N3O11/c1-56(2)69-49-47(40-61-35-42-24-12-6-13-25-42)67-55(53(51(49)70-56)65-38-45-30-18-9-19-31-45)68-48-46(39-60-34-41-22-10-5-11-23-41)66-54(62-33-21-4-3-20-32-58-59-57)52(64-37-44-28-16-8-17-29-44)50(48)63-36-43-26-14-7-15-27-43/h5-19,22-31,46-55H,3-4,20-21,32-40H2,1-2H3/t46-,47-,48-,49+,50+,51+,52-,53-,54-,55+/m1/s1. The third-order valence-electron chi connectivity index (χ3n) is 12.5. The van der Waals surface area contributed by atoms with Crippen molar-refractivity contribution in [2.75, 3.05) is 26.4 Å². The molecule has 3 fully saturated rings. The minimum atomic E-state index is -1.03. The summed E-state index contributed by atoms with van der Waals surface area (Å²) in [5.41, 5.74) is 13.7. The van der Waals surface area contributed by atoms with Crippen molar-refractivity contribution in [2.24, 2.45) is 5.11 Å². The van der Waals surface area contributed by atoms with Crippen LogP contribution in [0.2, 0.25) is 0 Å². The predicted octanol–water partition coefficient (Wildman–Crippen LogP) is 10.4. The SMILES string of the molecule is CC1(C)O[C@H]2[C@@H](O1)[C@@H](COCc1ccccc1)O[C@@H](O[C@H]1[C@H](OCc3ccccc3)[C@@H](OCc3ccccc3)[C@H](OCCCCCCN=[N+]=[N-])O[C@@H]1COCc1ccccc1)[C@@H]2OCc1ccccc1. The van der Waals surface area contributed by atoms with Crippen LogP contribution in [0.15, 0.2) is 157 Å². The molecular formula is C56H67N3O11. The average molecular weight is 958 g/mol. The summed E-state index contributed by atoms with van der Waals surface area (Å²) in [5, 5.41) is 3.69. The van der Waals surface area contributed by atoms with Gasteiger partial charge < -0.3 is 52.1 Å². The zero-order chi connectivity index (χ0) is 48.2. The lowest BCUT2D eigenvalue weighted by Gasteiger charge is -2.49. The molecule has 0 aliphatic carbocycles. The Morgan fingerprint density at radius 2 is 0.914 bits per heavy atom. The molecule has 3 aliphatic heterocycles. The first kappa shape index (κ1) is 51.3. The fourth-order valence-electron chi connectivity index (χ4n) is 9.01. The van der Waals surface area contributed by atoms with Crippen LogP contribution in [-0.4, -0.2) is 93.6 Å². The van der Waals surface area contributed by atoms with E-state index >= 15 is 0 Å². The van der Waals surface area contributed by atoms with Crippen LogP contribution in [-0.2, 0) is 85.1 Å². The lowest BCUT2D eigenvalue weighted by Crippen LogP contribution is -2.65. The van der Waals surface area contributed by atoms with E-state index in [0.29, 0.717) is 26.4 Å². The van der Waals surface area contributed by atoms with Gasteiger partial charge >= 0.3 is 0 Å². The van der Waals surface area contributed by atoms with E-state index in [4.69, 9.17) is 57.6 Å². The Hall–Kier alpha value is -5.03. The number of ether oxygens (including phenoxy) is 11. The molecule has 3 saturated heterocycles. The zero-order valence-corrected chi connectivity index (χ0v) is 40.2. The minimum Gasteiger partial charge on any atom is -0.374 e. The van der Waals surface area contributed by atoms with Gasteiger partial charge in [-0.15, -0.1) is 0 Å². The van der Waals surface area contributed by atoms with Crippen molar-refractivity contribution in [3.05, 3.63) is 190 Å². The van der Waals surface area contributed by atoms with Gasteiger partial charge in [-0.3, -0.25) is 0 Å². The topological polar surface area (TPSA) is 150 Å². The van der Waals surface area contributed by atoms with Gasteiger partial charge in [0, 0.05) is 18.1 Å². The Kier molecular flexibility index (Phi) is 19.8. The molecule has 0 saturated carbocycles. The number of azide groups is 1. The van der Waals surface area contributed by atoms with E-state index in [-0.39, 0.29) is 33.0 Å². The molecule has 5 aromatic carbocycles. The molecule has 70 heavy (non-hydrogen) atoms. The zero-order valence-electron chi connectivity index (χ0n) is 40.2. The minimum absolute atomic E-state index is 0.125. The Bertz CT molecular complexity index is 2280. The normalized spacial score (nSPS) is 26.0. The van der Waals surface area contributed by atoms with E-state index < -0.39 is 67.2 Å². The first-order valence-corrected chi connectivity index (χ1v) is 24.6. The second-order valence-electron chi connectivity index (χ2n) is 18.3. The first-order valence-electron chi connectivity index (χ1n) is 24.6. The monoisotopic (exact) mass is 957 g/mol. The maximum Gasteiger partial charge on any atom is 0.187 e. The Morgan fingerprint density at radius 3 is 1.44 bits per heavy atom.